The number of esters is 1. The maximum Gasteiger partial charge on any atom is 0.308 e. The molecule has 2 N–H and O–H groups in total. The third-order valence-corrected chi connectivity index (χ3v) is 4.31. The van der Waals surface area contributed by atoms with Gasteiger partial charge in [-0.2, -0.15) is 0 Å². The maximum absolute atomic E-state index is 12.7. The summed E-state index contributed by atoms with van der Waals surface area (Å²) in [6, 6.07) is 5.98. The molecule has 0 bridgehead atoms. The quantitative estimate of drug-likeness (QED) is 0.541. The van der Waals surface area contributed by atoms with Gasteiger partial charge in [0.2, 0.25) is 5.91 Å². The molecule has 1 unspecified atom stereocenters. The Morgan fingerprint density at radius 1 is 1.36 bits per heavy atom. The van der Waals surface area contributed by atoms with Crippen molar-refractivity contribution in [1.29, 1.82) is 0 Å². The van der Waals surface area contributed by atoms with Gasteiger partial charge in [-0.05, 0) is 45.1 Å². The highest BCUT2D eigenvalue weighted by atomic mass is 32.1. The van der Waals surface area contributed by atoms with Gasteiger partial charge in [0, 0.05) is 13.1 Å². The lowest BCUT2D eigenvalue weighted by atomic mass is 10.1. The minimum atomic E-state index is -0.838. The maximum atomic E-state index is 12.7. The highest BCUT2D eigenvalue weighted by Crippen LogP contribution is 2.18. The van der Waals surface area contributed by atoms with Crippen LogP contribution in [0.2, 0.25) is 0 Å². The number of piperazine rings is 1. The molecule has 0 aliphatic carbocycles. The van der Waals surface area contributed by atoms with Gasteiger partial charge >= 0.3 is 5.97 Å². The van der Waals surface area contributed by atoms with E-state index in [9.17, 15) is 14.4 Å². The number of ether oxygens (including phenoxy) is 2. The minimum Gasteiger partial charge on any atom is -0.493 e. The second-order valence-electron chi connectivity index (χ2n) is 6.43. The SMILES string of the molecule is CCOc1ccccc1C(=O)NC(=S)N1CCNC(=O)C1CC(=O)OC(C)C. The summed E-state index contributed by atoms with van der Waals surface area (Å²) in [7, 11) is 0. The number of carbonyl (C=O) groups excluding carboxylic acids is 3. The van der Waals surface area contributed by atoms with E-state index >= 15 is 0 Å². The standard InChI is InChI=1S/C19H25N3O5S/c1-4-26-15-8-6-5-7-13(15)17(24)21-19(28)22-10-9-20-18(25)14(22)11-16(23)27-12(2)3/h5-8,12,14H,4,9-11H2,1-3H3,(H,20,25)(H,21,24,28). The van der Waals surface area contributed by atoms with E-state index in [-0.39, 0.29) is 23.5 Å². The number of amides is 2. The van der Waals surface area contributed by atoms with Crippen LogP contribution in [0.25, 0.3) is 0 Å². The third kappa shape index (κ3) is 5.66. The summed E-state index contributed by atoms with van der Waals surface area (Å²) in [6.07, 6.45) is -0.440. The fourth-order valence-electron chi connectivity index (χ4n) is 2.80. The second kappa shape index (κ2) is 10.0. The van der Waals surface area contributed by atoms with Gasteiger partial charge < -0.3 is 19.7 Å². The molecule has 8 nitrogen and oxygen atoms in total. The van der Waals surface area contributed by atoms with Gasteiger partial charge in [-0.25, -0.2) is 0 Å². The molecule has 1 aromatic carbocycles. The lowest BCUT2D eigenvalue weighted by Gasteiger charge is -2.36. The molecular formula is C19H25N3O5S. The second-order valence-corrected chi connectivity index (χ2v) is 6.82. The van der Waals surface area contributed by atoms with Gasteiger partial charge in [0.1, 0.15) is 11.8 Å². The summed E-state index contributed by atoms with van der Waals surface area (Å²) in [4.78, 5) is 38.5. The number of nitrogens with zero attached hydrogens (tertiary/aromatic N) is 1. The Balaban J connectivity index is 2.11. The molecule has 0 spiro atoms. The van der Waals surface area contributed by atoms with E-state index in [1.165, 1.54) is 4.90 Å². The molecule has 1 aliphatic heterocycles. The molecule has 152 valence electrons. The molecule has 28 heavy (non-hydrogen) atoms. The lowest BCUT2D eigenvalue weighted by molar-refractivity contribution is -0.150. The van der Waals surface area contributed by atoms with Crippen molar-refractivity contribution in [2.45, 2.75) is 39.3 Å². The molecule has 0 aromatic heterocycles. The molecule has 1 atom stereocenters. The first kappa shape index (κ1) is 21.6. The van der Waals surface area contributed by atoms with Crippen molar-refractivity contribution in [2.24, 2.45) is 0 Å². The topological polar surface area (TPSA) is 97.0 Å². The fourth-order valence-corrected chi connectivity index (χ4v) is 3.11. The van der Waals surface area contributed by atoms with Crippen LogP contribution in [0.5, 0.6) is 5.75 Å². The Morgan fingerprint density at radius 3 is 2.75 bits per heavy atom. The molecule has 1 heterocycles. The van der Waals surface area contributed by atoms with Crippen LogP contribution in [-0.2, 0) is 14.3 Å². The molecule has 0 radical (unpaired) electrons. The zero-order valence-corrected chi connectivity index (χ0v) is 17.0. The Labute approximate surface area is 169 Å². The summed E-state index contributed by atoms with van der Waals surface area (Å²) in [5, 5.41) is 5.42. The smallest absolute Gasteiger partial charge is 0.308 e. The van der Waals surface area contributed by atoms with Gasteiger partial charge in [0.25, 0.3) is 5.91 Å². The summed E-state index contributed by atoms with van der Waals surface area (Å²) >= 11 is 5.35. The molecule has 1 aromatic rings. The van der Waals surface area contributed by atoms with Crippen LogP contribution in [0, 0.1) is 0 Å². The Hall–Kier alpha value is -2.68. The average Bonchev–Trinajstić information content (AvgIpc) is 2.63. The number of hydrogen-bond donors (Lipinski definition) is 2. The monoisotopic (exact) mass is 407 g/mol. The van der Waals surface area contributed by atoms with Crippen molar-refractivity contribution < 1.29 is 23.9 Å². The normalized spacial score (nSPS) is 16.4. The van der Waals surface area contributed by atoms with Gasteiger partial charge in [-0.3, -0.25) is 19.7 Å². The minimum absolute atomic E-state index is 0.0773. The van der Waals surface area contributed by atoms with Gasteiger partial charge in [-0.1, -0.05) is 12.1 Å². The van der Waals surface area contributed by atoms with Crippen molar-refractivity contribution in [3.63, 3.8) is 0 Å². The number of carbonyl (C=O) groups is 3. The molecule has 1 fully saturated rings. The number of nitrogens with one attached hydrogen (secondary N) is 2. The Kier molecular flexibility index (Phi) is 7.74. The zero-order valence-electron chi connectivity index (χ0n) is 16.2. The summed E-state index contributed by atoms with van der Waals surface area (Å²) in [6.45, 7) is 6.44. The van der Waals surface area contributed by atoms with E-state index < -0.39 is 17.9 Å². The first-order valence-corrected chi connectivity index (χ1v) is 9.55. The van der Waals surface area contributed by atoms with E-state index in [1.807, 2.05) is 6.92 Å². The number of para-hydroxylation sites is 1. The Morgan fingerprint density at radius 2 is 2.07 bits per heavy atom. The molecule has 2 amide bonds. The molecule has 0 saturated carbocycles. The van der Waals surface area contributed by atoms with Crippen LogP contribution in [-0.4, -0.2) is 59.6 Å². The summed E-state index contributed by atoms with van der Waals surface area (Å²) < 4.78 is 10.6. The Bertz CT molecular complexity index is 753. The third-order valence-electron chi connectivity index (χ3n) is 3.97. The largest absolute Gasteiger partial charge is 0.493 e. The van der Waals surface area contributed by atoms with E-state index in [4.69, 9.17) is 21.7 Å². The molecule has 2 rings (SSSR count). The number of rotatable bonds is 6. The van der Waals surface area contributed by atoms with Crippen molar-refractivity contribution in [3.05, 3.63) is 29.8 Å². The number of hydrogen-bond acceptors (Lipinski definition) is 6. The highest BCUT2D eigenvalue weighted by molar-refractivity contribution is 7.80. The van der Waals surface area contributed by atoms with Crippen LogP contribution in [0.15, 0.2) is 24.3 Å². The lowest BCUT2D eigenvalue weighted by Crippen LogP contribution is -2.60. The van der Waals surface area contributed by atoms with Gasteiger partial charge in [0.05, 0.1) is 24.7 Å². The van der Waals surface area contributed by atoms with Crippen LogP contribution in [0.1, 0.15) is 37.6 Å². The first-order chi connectivity index (χ1) is 13.3. The first-order valence-electron chi connectivity index (χ1n) is 9.14. The summed E-state index contributed by atoms with van der Waals surface area (Å²) in [5.74, 6) is -0.835. The van der Waals surface area contributed by atoms with Crippen LogP contribution in [0.4, 0.5) is 0 Å². The van der Waals surface area contributed by atoms with Crippen molar-refractivity contribution in [2.75, 3.05) is 19.7 Å². The average molecular weight is 407 g/mol. The predicted octanol–water partition coefficient (Wildman–Crippen LogP) is 1.24. The van der Waals surface area contributed by atoms with Crippen LogP contribution in [0.3, 0.4) is 0 Å². The number of thiocarbonyl (C=S) groups is 1. The summed E-state index contributed by atoms with van der Waals surface area (Å²) in [5.41, 5.74) is 0.337. The van der Waals surface area contributed by atoms with Gasteiger partial charge in [-0.15, -0.1) is 0 Å². The predicted molar refractivity (Wildman–Crippen MR) is 107 cm³/mol. The zero-order chi connectivity index (χ0) is 20.7. The van der Waals surface area contributed by atoms with E-state index in [1.54, 1.807) is 38.1 Å². The van der Waals surface area contributed by atoms with Crippen LogP contribution >= 0.6 is 12.2 Å². The van der Waals surface area contributed by atoms with Crippen LogP contribution < -0.4 is 15.4 Å². The molecule has 1 aliphatic rings. The van der Waals surface area contributed by atoms with Crippen molar-refractivity contribution in [3.8, 4) is 5.75 Å². The molecule has 1 saturated heterocycles. The number of benzene rings is 1. The highest BCUT2D eigenvalue weighted by Gasteiger charge is 2.34. The molecule has 9 heteroatoms. The molecular weight excluding hydrogens is 382 g/mol. The van der Waals surface area contributed by atoms with Gasteiger partial charge in [0.15, 0.2) is 5.11 Å². The van der Waals surface area contributed by atoms with Crippen molar-refractivity contribution in [1.82, 2.24) is 15.5 Å². The van der Waals surface area contributed by atoms with Crippen molar-refractivity contribution >= 4 is 35.1 Å². The fraction of sp³-hybridized carbons (Fsp3) is 0.474. The van der Waals surface area contributed by atoms with E-state index in [2.05, 4.69) is 10.6 Å². The van der Waals surface area contributed by atoms with E-state index in [0.29, 0.717) is 31.0 Å². The van der Waals surface area contributed by atoms with E-state index in [0.717, 1.165) is 0 Å².